The molecule has 1 unspecified atom stereocenters. The van der Waals surface area contributed by atoms with Gasteiger partial charge in [-0.1, -0.05) is 41.9 Å². The van der Waals surface area contributed by atoms with Gasteiger partial charge in [0.15, 0.2) is 0 Å². The molecule has 0 spiro atoms. The molecule has 27 heavy (non-hydrogen) atoms. The predicted molar refractivity (Wildman–Crippen MR) is 107 cm³/mol. The molecule has 2 N–H and O–H groups in total. The first-order valence-corrected chi connectivity index (χ1v) is 9.57. The molecule has 1 amide bonds. The van der Waals surface area contributed by atoms with Crippen LogP contribution in [0.3, 0.4) is 0 Å². The molecule has 1 heterocycles. The van der Waals surface area contributed by atoms with Crippen molar-refractivity contribution in [1.29, 1.82) is 0 Å². The fourth-order valence-electron chi connectivity index (χ4n) is 3.55. The zero-order valence-electron chi connectivity index (χ0n) is 15.2. The van der Waals surface area contributed by atoms with Crippen molar-refractivity contribution in [2.75, 3.05) is 5.32 Å². The predicted octanol–water partition coefficient (Wildman–Crippen LogP) is 4.65. The van der Waals surface area contributed by atoms with Crippen molar-refractivity contribution in [2.45, 2.75) is 44.2 Å². The molecular formula is C21H22ClN3O2. The van der Waals surface area contributed by atoms with Gasteiger partial charge >= 0.3 is 0 Å². The number of benzene rings is 2. The number of imidazole rings is 1. The second kappa shape index (κ2) is 6.98. The number of hydrogen-bond acceptors (Lipinski definition) is 3. The van der Waals surface area contributed by atoms with E-state index in [9.17, 15) is 9.90 Å². The standard InChI is InChI=1S/C21H22ClN3O2/c1-21(27,14-6-3-2-4-7-14)13-19(26)24-20-23-17-11-10-15(22)12-18(17)25(20)16-8-5-9-16/h2-4,6-7,10-12,16,27H,5,8-9,13H2,1H3,(H,23,24,26). The third-order valence-electron chi connectivity index (χ3n) is 5.24. The highest BCUT2D eigenvalue weighted by Gasteiger charge is 2.29. The Labute approximate surface area is 163 Å². The summed E-state index contributed by atoms with van der Waals surface area (Å²) in [5.74, 6) is 0.247. The molecule has 1 saturated carbocycles. The Bertz CT molecular complexity index is 978. The highest BCUT2D eigenvalue weighted by atomic mass is 35.5. The van der Waals surface area contributed by atoms with E-state index in [1.807, 2.05) is 42.5 Å². The molecule has 1 fully saturated rings. The minimum absolute atomic E-state index is 0.0500. The SMILES string of the molecule is CC(O)(CC(=O)Nc1nc2ccc(Cl)cc2n1C1CCC1)c1ccccc1. The van der Waals surface area contributed by atoms with Crippen LogP contribution in [0.4, 0.5) is 5.95 Å². The van der Waals surface area contributed by atoms with Gasteiger partial charge in [0.1, 0.15) is 0 Å². The van der Waals surface area contributed by atoms with Crippen molar-refractivity contribution >= 4 is 34.5 Å². The number of carbonyl (C=O) groups excluding carboxylic acids is 1. The van der Waals surface area contributed by atoms with Crippen LogP contribution < -0.4 is 5.32 Å². The third-order valence-corrected chi connectivity index (χ3v) is 5.48. The van der Waals surface area contributed by atoms with E-state index in [0.29, 0.717) is 22.6 Å². The number of nitrogens with one attached hydrogen (secondary N) is 1. The molecule has 0 radical (unpaired) electrons. The molecule has 1 aliphatic rings. The summed E-state index contributed by atoms with van der Waals surface area (Å²) in [6, 6.07) is 15.1. The maximum Gasteiger partial charge on any atom is 0.229 e. The molecule has 1 aliphatic carbocycles. The molecule has 140 valence electrons. The van der Waals surface area contributed by atoms with Crippen LogP contribution in [0.1, 0.15) is 44.2 Å². The van der Waals surface area contributed by atoms with Crippen LogP contribution in [0.5, 0.6) is 0 Å². The first-order chi connectivity index (χ1) is 12.9. The van der Waals surface area contributed by atoms with E-state index in [4.69, 9.17) is 11.6 Å². The minimum atomic E-state index is -1.25. The van der Waals surface area contributed by atoms with Crippen LogP contribution in [-0.2, 0) is 10.4 Å². The van der Waals surface area contributed by atoms with Crippen molar-refractivity contribution in [2.24, 2.45) is 0 Å². The molecule has 6 heteroatoms. The summed E-state index contributed by atoms with van der Waals surface area (Å²) in [6.45, 7) is 1.65. The number of hydrogen-bond donors (Lipinski definition) is 2. The number of nitrogens with zero attached hydrogens (tertiary/aromatic N) is 2. The summed E-state index contributed by atoms with van der Waals surface area (Å²) < 4.78 is 2.07. The summed E-state index contributed by atoms with van der Waals surface area (Å²) in [6.07, 6.45) is 3.23. The molecule has 4 rings (SSSR count). The average molecular weight is 384 g/mol. The normalized spacial score (nSPS) is 16.7. The van der Waals surface area contributed by atoms with Crippen LogP contribution in [0, 0.1) is 0 Å². The second-order valence-corrected chi connectivity index (χ2v) is 7.82. The summed E-state index contributed by atoms with van der Waals surface area (Å²) in [5, 5.41) is 14.3. The maximum absolute atomic E-state index is 12.7. The zero-order valence-corrected chi connectivity index (χ0v) is 15.9. The fraction of sp³-hybridized carbons (Fsp3) is 0.333. The van der Waals surface area contributed by atoms with Crippen LogP contribution >= 0.6 is 11.6 Å². The van der Waals surface area contributed by atoms with Gasteiger partial charge < -0.3 is 9.67 Å². The van der Waals surface area contributed by atoms with E-state index >= 15 is 0 Å². The lowest BCUT2D eigenvalue weighted by Gasteiger charge is -2.29. The average Bonchev–Trinajstić information content (AvgIpc) is 2.91. The molecule has 0 aliphatic heterocycles. The minimum Gasteiger partial charge on any atom is -0.385 e. The Morgan fingerprint density at radius 2 is 2.04 bits per heavy atom. The molecule has 2 aromatic carbocycles. The lowest BCUT2D eigenvalue weighted by atomic mass is 9.92. The molecule has 3 aromatic rings. The van der Waals surface area contributed by atoms with Crippen LogP contribution in [0.25, 0.3) is 11.0 Å². The van der Waals surface area contributed by atoms with E-state index in [0.717, 1.165) is 23.9 Å². The van der Waals surface area contributed by atoms with Gasteiger partial charge in [0.2, 0.25) is 11.9 Å². The number of amides is 1. The number of aliphatic hydroxyl groups is 1. The van der Waals surface area contributed by atoms with Crippen molar-refractivity contribution in [3.05, 3.63) is 59.1 Å². The smallest absolute Gasteiger partial charge is 0.229 e. The lowest BCUT2D eigenvalue weighted by Crippen LogP contribution is -2.30. The number of rotatable bonds is 5. The number of aromatic nitrogens is 2. The summed E-state index contributed by atoms with van der Waals surface area (Å²) in [4.78, 5) is 17.3. The topological polar surface area (TPSA) is 67.2 Å². The van der Waals surface area contributed by atoms with E-state index in [1.165, 1.54) is 6.42 Å². The number of fused-ring (bicyclic) bond motifs is 1. The zero-order chi connectivity index (χ0) is 19.0. The second-order valence-electron chi connectivity index (χ2n) is 7.39. The van der Waals surface area contributed by atoms with Crippen LogP contribution in [0.2, 0.25) is 5.02 Å². The van der Waals surface area contributed by atoms with Crippen LogP contribution in [0.15, 0.2) is 48.5 Å². The van der Waals surface area contributed by atoms with Gasteiger partial charge in [-0.25, -0.2) is 4.98 Å². The molecule has 0 bridgehead atoms. The molecule has 1 atom stereocenters. The van der Waals surface area contributed by atoms with Gasteiger partial charge in [-0.05, 0) is 49.9 Å². The van der Waals surface area contributed by atoms with E-state index < -0.39 is 5.60 Å². The monoisotopic (exact) mass is 383 g/mol. The fourth-order valence-corrected chi connectivity index (χ4v) is 3.72. The summed E-state index contributed by atoms with van der Waals surface area (Å²) >= 11 is 6.16. The highest BCUT2D eigenvalue weighted by molar-refractivity contribution is 6.31. The van der Waals surface area contributed by atoms with Gasteiger partial charge in [-0.15, -0.1) is 0 Å². The molecular weight excluding hydrogens is 362 g/mol. The first kappa shape index (κ1) is 18.0. The number of halogens is 1. The van der Waals surface area contributed by atoms with E-state index in [1.54, 1.807) is 13.0 Å². The largest absolute Gasteiger partial charge is 0.385 e. The van der Waals surface area contributed by atoms with Crippen molar-refractivity contribution in [3.8, 4) is 0 Å². The first-order valence-electron chi connectivity index (χ1n) is 9.19. The highest BCUT2D eigenvalue weighted by Crippen LogP contribution is 2.38. The van der Waals surface area contributed by atoms with Gasteiger partial charge in [-0.2, -0.15) is 0 Å². The summed E-state index contributed by atoms with van der Waals surface area (Å²) in [7, 11) is 0. The molecule has 5 nitrogen and oxygen atoms in total. The Kier molecular flexibility index (Phi) is 4.66. The maximum atomic E-state index is 12.7. The Hall–Kier alpha value is -2.37. The quantitative estimate of drug-likeness (QED) is 0.673. The summed E-state index contributed by atoms with van der Waals surface area (Å²) in [5.41, 5.74) is 1.19. The van der Waals surface area contributed by atoms with E-state index in [-0.39, 0.29) is 12.3 Å². The Morgan fingerprint density at radius 3 is 2.70 bits per heavy atom. The molecule has 0 saturated heterocycles. The lowest BCUT2D eigenvalue weighted by molar-refractivity contribution is -0.120. The Morgan fingerprint density at radius 1 is 1.30 bits per heavy atom. The van der Waals surface area contributed by atoms with Crippen molar-refractivity contribution in [3.63, 3.8) is 0 Å². The Balaban J connectivity index is 1.60. The van der Waals surface area contributed by atoms with Gasteiger partial charge in [0, 0.05) is 11.1 Å². The number of carbonyl (C=O) groups is 1. The third kappa shape index (κ3) is 3.57. The van der Waals surface area contributed by atoms with E-state index in [2.05, 4.69) is 14.9 Å². The van der Waals surface area contributed by atoms with Gasteiger partial charge in [0.05, 0.1) is 23.1 Å². The van der Waals surface area contributed by atoms with Gasteiger partial charge in [0.25, 0.3) is 0 Å². The molecule has 1 aromatic heterocycles. The van der Waals surface area contributed by atoms with Gasteiger partial charge in [-0.3, -0.25) is 10.1 Å². The van der Waals surface area contributed by atoms with Crippen LogP contribution in [-0.4, -0.2) is 20.6 Å². The van der Waals surface area contributed by atoms with Crippen molar-refractivity contribution < 1.29 is 9.90 Å². The number of anilines is 1. The van der Waals surface area contributed by atoms with Crippen molar-refractivity contribution in [1.82, 2.24) is 9.55 Å².